The summed E-state index contributed by atoms with van der Waals surface area (Å²) < 4.78 is 0.608. The first kappa shape index (κ1) is 22.5. The van der Waals surface area contributed by atoms with E-state index in [0.717, 1.165) is 30.6 Å². The molecule has 1 aliphatic carbocycles. The van der Waals surface area contributed by atoms with Crippen molar-refractivity contribution in [1.82, 2.24) is 10.2 Å². The minimum absolute atomic E-state index is 0.0301. The second-order valence-electron chi connectivity index (χ2n) is 7.06. The van der Waals surface area contributed by atoms with Gasteiger partial charge in [0.15, 0.2) is 4.34 Å². The van der Waals surface area contributed by atoms with Gasteiger partial charge in [-0.2, -0.15) is 0 Å². The largest absolute Gasteiger partial charge is 0.325 e. The van der Waals surface area contributed by atoms with Gasteiger partial charge in [0.1, 0.15) is 0 Å². The summed E-state index contributed by atoms with van der Waals surface area (Å²) >= 11 is 16.0. The number of rotatable bonds is 7. The van der Waals surface area contributed by atoms with Gasteiger partial charge in [0, 0.05) is 10.6 Å². The van der Waals surface area contributed by atoms with Crippen LogP contribution in [-0.4, -0.2) is 27.8 Å². The van der Waals surface area contributed by atoms with E-state index in [4.69, 9.17) is 23.2 Å². The van der Waals surface area contributed by atoms with E-state index in [1.54, 1.807) is 29.5 Å². The molecule has 11 heteroatoms. The molecule has 1 aliphatic rings. The first-order chi connectivity index (χ1) is 15.0. The molecule has 0 saturated heterocycles. The van der Waals surface area contributed by atoms with Crippen LogP contribution < -0.4 is 10.6 Å². The fourth-order valence-electron chi connectivity index (χ4n) is 3.55. The average molecular weight is 513 g/mol. The quantitative estimate of drug-likeness (QED) is 0.295. The molecule has 2 heterocycles. The fourth-order valence-corrected chi connectivity index (χ4v) is 6.38. The van der Waals surface area contributed by atoms with E-state index >= 15 is 0 Å². The van der Waals surface area contributed by atoms with E-state index in [0.29, 0.717) is 25.2 Å². The summed E-state index contributed by atoms with van der Waals surface area (Å²) in [5.74, 6) is -0.0774. The third-order valence-electron chi connectivity index (χ3n) is 5.04. The summed E-state index contributed by atoms with van der Waals surface area (Å²) in [7, 11) is 0. The second kappa shape index (κ2) is 9.87. The molecular weight excluding hydrogens is 495 g/mol. The Morgan fingerprint density at radius 3 is 2.61 bits per heavy atom. The predicted molar refractivity (Wildman–Crippen MR) is 129 cm³/mol. The van der Waals surface area contributed by atoms with E-state index in [1.807, 2.05) is 17.5 Å². The van der Waals surface area contributed by atoms with Crippen LogP contribution in [-0.2, 0) is 15.0 Å². The van der Waals surface area contributed by atoms with Crippen molar-refractivity contribution in [2.24, 2.45) is 0 Å². The molecule has 2 amide bonds. The van der Waals surface area contributed by atoms with Crippen molar-refractivity contribution in [2.75, 3.05) is 16.4 Å². The summed E-state index contributed by atoms with van der Waals surface area (Å²) in [5.41, 5.74) is 0.0908. The molecule has 1 saturated carbocycles. The average Bonchev–Trinajstić information content (AvgIpc) is 3.51. The number of halogens is 2. The molecule has 31 heavy (non-hydrogen) atoms. The number of carbonyl (C=O) groups excluding carboxylic acids is 2. The van der Waals surface area contributed by atoms with E-state index in [1.165, 1.54) is 23.1 Å². The molecule has 0 aliphatic heterocycles. The molecule has 1 fully saturated rings. The van der Waals surface area contributed by atoms with E-state index in [2.05, 4.69) is 20.8 Å². The molecule has 0 radical (unpaired) electrons. The van der Waals surface area contributed by atoms with Crippen LogP contribution in [0.4, 0.5) is 10.8 Å². The van der Waals surface area contributed by atoms with Gasteiger partial charge < -0.3 is 5.32 Å². The molecular formula is C20H18Cl2N4O2S3. The normalized spacial score (nSPS) is 15.0. The lowest BCUT2D eigenvalue weighted by Crippen LogP contribution is -2.37. The van der Waals surface area contributed by atoms with Crippen molar-refractivity contribution in [3.63, 3.8) is 0 Å². The van der Waals surface area contributed by atoms with Crippen molar-refractivity contribution < 1.29 is 9.59 Å². The van der Waals surface area contributed by atoms with Crippen LogP contribution in [0.5, 0.6) is 0 Å². The number of nitrogens with one attached hydrogen (secondary N) is 2. The van der Waals surface area contributed by atoms with Gasteiger partial charge in [0.25, 0.3) is 0 Å². The van der Waals surface area contributed by atoms with Crippen LogP contribution in [0.25, 0.3) is 0 Å². The van der Waals surface area contributed by atoms with Crippen molar-refractivity contribution >= 4 is 80.3 Å². The highest BCUT2D eigenvalue weighted by Gasteiger charge is 2.43. The third kappa shape index (κ3) is 5.23. The molecule has 0 unspecified atom stereocenters. The molecule has 0 atom stereocenters. The maximum absolute atomic E-state index is 13.1. The Hall–Kier alpha value is -1.65. The van der Waals surface area contributed by atoms with Crippen LogP contribution in [0, 0.1) is 0 Å². The molecule has 162 valence electrons. The van der Waals surface area contributed by atoms with Crippen molar-refractivity contribution in [3.8, 4) is 0 Å². The number of hydrogen-bond acceptors (Lipinski definition) is 7. The summed E-state index contributed by atoms with van der Waals surface area (Å²) in [6.45, 7) is 0. The number of nitrogens with zero attached hydrogens (tertiary/aromatic N) is 2. The van der Waals surface area contributed by atoms with Crippen LogP contribution in [0.2, 0.25) is 10.0 Å². The molecule has 2 aromatic heterocycles. The molecule has 2 N–H and O–H groups in total. The Morgan fingerprint density at radius 1 is 1.10 bits per heavy atom. The van der Waals surface area contributed by atoms with Crippen LogP contribution in [0.3, 0.4) is 0 Å². The Bertz CT molecular complexity index is 1080. The van der Waals surface area contributed by atoms with E-state index in [9.17, 15) is 9.59 Å². The van der Waals surface area contributed by atoms with Crippen molar-refractivity contribution in [2.45, 2.75) is 35.4 Å². The Labute approximate surface area is 201 Å². The number of hydrogen-bond donors (Lipinski definition) is 2. The van der Waals surface area contributed by atoms with Gasteiger partial charge in [0.2, 0.25) is 16.9 Å². The van der Waals surface area contributed by atoms with Gasteiger partial charge in [-0.25, -0.2) is 0 Å². The van der Waals surface area contributed by atoms with Gasteiger partial charge in [-0.3, -0.25) is 14.9 Å². The highest BCUT2D eigenvalue weighted by molar-refractivity contribution is 8.01. The highest BCUT2D eigenvalue weighted by atomic mass is 35.5. The smallest absolute Gasteiger partial charge is 0.237 e. The standard InChI is InChI=1S/C20H18Cl2N4O2S3/c21-13-6-5-12(10-14(13)22)23-16(27)11-30-19-26-25-18(31-19)24-17(28)20(7-1-2-8-20)15-4-3-9-29-15/h3-6,9-10H,1-2,7-8,11H2,(H,23,27)(H,24,25,28). The van der Waals surface area contributed by atoms with Gasteiger partial charge in [0.05, 0.1) is 21.2 Å². The van der Waals surface area contributed by atoms with Crippen LogP contribution >= 0.6 is 57.6 Å². The number of thiophene rings is 1. The summed E-state index contributed by atoms with van der Waals surface area (Å²) in [4.78, 5) is 26.4. The second-order valence-corrected chi connectivity index (χ2v) is 11.0. The van der Waals surface area contributed by atoms with Gasteiger partial charge in [-0.15, -0.1) is 21.5 Å². The lowest BCUT2D eigenvalue weighted by atomic mass is 9.83. The topological polar surface area (TPSA) is 84.0 Å². The monoisotopic (exact) mass is 512 g/mol. The fraction of sp³-hybridized carbons (Fsp3) is 0.300. The maximum Gasteiger partial charge on any atom is 0.237 e. The Morgan fingerprint density at radius 2 is 1.90 bits per heavy atom. The predicted octanol–water partition coefficient (Wildman–Crippen LogP) is 6.09. The first-order valence-electron chi connectivity index (χ1n) is 9.53. The van der Waals surface area contributed by atoms with Crippen LogP contribution in [0.1, 0.15) is 30.6 Å². The molecule has 0 bridgehead atoms. The van der Waals surface area contributed by atoms with E-state index < -0.39 is 5.41 Å². The van der Waals surface area contributed by atoms with Gasteiger partial charge in [-0.05, 0) is 42.5 Å². The third-order valence-corrected chi connectivity index (χ3v) is 8.83. The number of carbonyl (C=O) groups is 2. The first-order valence-corrected chi connectivity index (χ1v) is 13.0. The van der Waals surface area contributed by atoms with Crippen molar-refractivity contribution in [3.05, 3.63) is 50.6 Å². The molecule has 3 aromatic rings. The van der Waals surface area contributed by atoms with E-state index in [-0.39, 0.29) is 17.6 Å². The van der Waals surface area contributed by atoms with Gasteiger partial charge in [-0.1, -0.05) is 65.2 Å². The zero-order chi connectivity index (χ0) is 21.8. The minimum Gasteiger partial charge on any atom is -0.325 e. The lowest BCUT2D eigenvalue weighted by Gasteiger charge is -2.25. The molecule has 4 rings (SSSR count). The maximum atomic E-state index is 13.1. The number of amides is 2. The Kier molecular flexibility index (Phi) is 7.18. The summed E-state index contributed by atoms with van der Waals surface area (Å²) in [6.07, 6.45) is 3.76. The highest BCUT2D eigenvalue weighted by Crippen LogP contribution is 2.44. The minimum atomic E-state index is -0.479. The number of thioether (sulfide) groups is 1. The Balaban J connectivity index is 1.33. The zero-order valence-corrected chi connectivity index (χ0v) is 20.2. The van der Waals surface area contributed by atoms with Crippen molar-refractivity contribution in [1.29, 1.82) is 0 Å². The lowest BCUT2D eigenvalue weighted by molar-refractivity contribution is -0.121. The molecule has 0 spiro atoms. The number of aromatic nitrogens is 2. The molecule has 6 nitrogen and oxygen atoms in total. The number of benzene rings is 1. The summed E-state index contributed by atoms with van der Waals surface area (Å²) in [5, 5.41) is 17.1. The van der Waals surface area contributed by atoms with Crippen LogP contribution in [0.15, 0.2) is 40.1 Å². The SMILES string of the molecule is O=C(CSc1nnc(NC(=O)C2(c3cccs3)CCCC2)s1)Nc1ccc(Cl)c(Cl)c1. The zero-order valence-electron chi connectivity index (χ0n) is 16.2. The number of anilines is 2. The van der Waals surface area contributed by atoms with Gasteiger partial charge >= 0.3 is 0 Å². The molecule has 1 aromatic carbocycles. The summed E-state index contributed by atoms with van der Waals surface area (Å²) in [6, 6.07) is 8.92.